The Morgan fingerprint density at radius 2 is 1.31 bits per heavy atom. The molecule has 0 saturated carbocycles. The number of carboxylic acid groups (broad SMARTS) is 1. The fraction of sp³-hybridized carbons (Fsp3) is 0.516. The molecule has 34 nitrogen and oxygen atoms in total. The van der Waals surface area contributed by atoms with Gasteiger partial charge in [0.05, 0.1) is 38.2 Å². The normalized spacial score (nSPS) is 15.8. The number of aliphatic imine (C=N–C) groups is 1. The SMILES string of the molecule is CSCC[C@H](N)C(=O)N[C@@H](Cc1cnc[nH]1)C(=O)N[C@H](C(=O)N[C@@H](C)C(=O)N1CCC[C@H]1C(=O)NCC(=O)N[C@@H](Cc1c[nH]c2ccccc12)C(=O)NCC(=O)N[C@@H](Cc1ccc(O)cc1)C(=O)N[C@@H](CCCN=C(N)N)C(=O)N[C@@H](CC(C)C)C(=O)N[C@@H](CO)C(=O)O)[C@@H](C)O. The van der Waals surface area contributed by atoms with Crippen molar-refractivity contribution in [3.63, 3.8) is 0 Å². The highest BCUT2D eigenvalue weighted by molar-refractivity contribution is 7.98. The quantitative estimate of drug-likeness (QED) is 0.0114. The summed E-state index contributed by atoms with van der Waals surface area (Å²) in [7, 11) is 0. The average molecular weight is 1380 g/mol. The lowest BCUT2D eigenvalue weighted by molar-refractivity contribution is -0.143. The molecule has 11 amide bonds. The van der Waals surface area contributed by atoms with Crippen molar-refractivity contribution in [3.05, 3.63) is 84.1 Å². The number of rotatable bonds is 39. The van der Waals surface area contributed by atoms with Crippen molar-refractivity contribution in [2.75, 3.05) is 44.8 Å². The van der Waals surface area contributed by atoms with Crippen molar-refractivity contribution in [1.29, 1.82) is 0 Å². The van der Waals surface area contributed by atoms with Crippen molar-refractivity contribution >= 4 is 99.6 Å². The van der Waals surface area contributed by atoms with Crippen molar-refractivity contribution < 1.29 is 78.0 Å². The largest absolute Gasteiger partial charge is 0.508 e. The number of phenols is 1. The molecule has 1 fully saturated rings. The lowest BCUT2D eigenvalue weighted by Crippen LogP contribution is -2.61. The maximum Gasteiger partial charge on any atom is 0.328 e. The molecule has 0 bridgehead atoms. The zero-order valence-corrected chi connectivity index (χ0v) is 55.4. The van der Waals surface area contributed by atoms with Crippen molar-refractivity contribution in [1.82, 2.24) is 73.0 Å². The van der Waals surface area contributed by atoms with Crippen molar-refractivity contribution in [2.45, 2.75) is 152 Å². The van der Waals surface area contributed by atoms with Gasteiger partial charge in [0, 0.05) is 61.3 Å². The van der Waals surface area contributed by atoms with Crippen LogP contribution in [0.5, 0.6) is 5.75 Å². The molecule has 35 heteroatoms. The van der Waals surface area contributed by atoms with Crippen LogP contribution in [-0.2, 0) is 76.8 Å². The Bertz CT molecular complexity index is 3380. The Morgan fingerprint density at radius 1 is 0.701 bits per heavy atom. The molecule has 22 N–H and O–H groups in total. The molecule has 11 atom stereocenters. The van der Waals surface area contributed by atoms with E-state index in [9.17, 15) is 78.0 Å². The van der Waals surface area contributed by atoms with E-state index < -0.39 is 157 Å². The van der Waals surface area contributed by atoms with Crippen molar-refractivity contribution in [2.24, 2.45) is 28.1 Å². The number of aliphatic hydroxyl groups is 2. The van der Waals surface area contributed by atoms with Gasteiger partial charge in [-0.15, -0.1) is 0 Å². The Hall–Kier alpha value is -9.87. The molecule has 0 aliphatic carbocycles. The minimum Gasteiger partial charge on any atom is -0.508 e. The van der Waals surface area contributed by atoms with Gasteiger partial charge in [0.25, 0.3) is 0 Å². The highest BCUT2D eigenvalue weighted by atomic mass is 32.2. The third-order valence-electron chi connectivity index (χ3n) is 15.6. The van der Waals surface area contributed by atoms with E-state index in [-0.39, 0.29) is 75.7 Å². The molecule has 1 aliphatic rings. The van der Waals surface area contributed by atoms with Crippen LogP contribution in [-0.4, -0.2) is 229 Å². The summed E-state index contributed by atoms with van der Waals surface area (Å²) < 4.78 is 0. The molecule has 530 valence electrons. The second kappa shape index (κ2) is 38.6. The lowest BCUT2D eigenvalue weighted by Gasteiger charge is -2.29. The summed E-state index contributed by atoms with van der Waals surface area (Å²) >= 11 is 1.48. The van der Waals surface area contributed by atoms with E-state index in [0.717, 1.165) is 0 Å². The molecular formula is C62H90N18O16S. The molecule has 0 unspecified atom stereocenters. The van der Waals surface area contributed by atoms with Crippen LogP contribution in [0.25, 0.3) is 10.9 Å². The average Bonchev–Trinajstić information content (AvgIpc) is 1.71. The lowest BCUT2D eigenvalue weighted by atomic mass is 10.0. The van der Waals surface area contributed by atoms with Gasteiger partial charge in [-0.05, 0) is 99.6 Å². The summed E-state index contributed by atoms with van der Waals surface area (Å²) in [5.41, 5.74) is 19.2. The Kier molecular flexibility index (Phi) is 31.0. The fourth-order valence-corrected chi connectivity index (χ4v) is 10.9. The van der Waals surface area contributed by atoms with Crippen LogP contribution in [0.4, 0.5) is 0 Å². The number of benzene rings is 2. The molecule has 2 aromatic carbocycles. The van der Waals surface area contributed by atoms with E-state index >= 15 is 0 Å². The molecule has 97 heavy (non-hydrogen) atoms. The van der Waals surface area contributed by atoms with E-state index in [1.165, 1.54) is 67.3 Å². The predicted octanol–water partition coefficient (Wildman–Crippen LogP) is -4.62. The fourth-order valence-electron chi connectivity index (χ4n) is 10.4. The number of amides is 11. The second-order valence-corrected chi connectivity index (χ2v) is 24.8. The number of aromatic nitrogens is 3. The molecular weight excluding hydrogens is 1280 g/mol. The third-order valence-corrected chi connectivity index (χ3v) is 16.2. The first kappa shape index (κ1) is 77.8. The van der Waals surface area contributed by atoms with E-state index in [1.807, 2.05) is 6.26 Å². The van der Waals surface area contributed by atoms with Crippen LogP contribution in [0.1, 0.15) is 83.0 Å². The number of aromatic amines is 2. The zero-order valence-electron chi connectivity index (χ0n) is 54.6. The third kappa shape index (κ3) is 25.0. The van der Waals surface area contributed by atoms with E-state index in [0.29, 0.717) is 46.3 Å². The number of nitrogens with zero attached hydrogens (tertiary/aromatic N) is 3. The number of H-pyrrole nitrogens is 2. The minimum atomic E-state index is -1.69. The van der Waals surface area contributed by atoms with E-state index in [1.54, 1.807) is 44.3 Å². The van der Waals surface area contributed by atoms with Gasteiger partial charge in [0.2, 0.25) is 65.0 Å². The number of guanidine groups is 1. The molecule has 4 aromatic rings. The van der Waals surface area contributed by atoms with Gasteiger partial charge < -0.3 is 106 Å². The number of likely N-dealkylation sites (tertiary alicyclic amines) is 1. The summed E-state index contributed by atoms with van der Waals surface area (Å²) in [4.78, 5) is 179. The number of para-hydroxylation sites is 1. The van der Waals surface area contributed by atoms with E-state index in [4.69, 9.17) is 17.2 Å². The number of nitrogens with two attached hydrogens (primary N) is 3. The van der Waals surface area contributed by atoms with Gasteiger partial charge in [0.15, 0.2) is 5.96 Å². The highest BCUT2D eigenvalue weighted by Crippen LogP contribution is 2.21. The number of aromatic hydroxyl groups is 1. The predicted molar refractivity (Wildman–Crippen MR) is 355 cm³/mol. The van der Waals surface area contributed by atoms with Crippen LogP contribution < -0.4 is 70.4 Å². The number of fused-ring (bicyclic) bond motifs is 1. The number of hydrogen-bond acceptors (Lipinski definition) is 19. The highest BCUT2D eigenvalue weighted by Gasteiger charge is 2.39. The monoisotopic (exact) mass is 1370 g/mol. The molecule has 1 saturated heterocycles. The first-order valence-corrected chi connectivity index (χ1v) is 32.9. The Balaban J connectivity index is 1.26. The van der Waals surface area contributed by atoms with Crippen LogP contribution >= 0.6 is 11.8 Å². The summed E-state index contributed by atoms with van der Waals surface area (Å²) in [6.07, 6.45) is 5.10. The maximum absolute atomic E-state index is 14.4. The van der Waals surface area contributed by atoms with Crippen LogP contribution in [0.3, 0.4) is 0 Å². The molecule has 3 heterocycles. The Morgan fingerprint density at radius 3 is 1.94 bits per heavy atom. The molecule has 1 aliphatic heterocycles. The molecule has 0 spiro atoms. The zero-order chi connectivity index (χ0) is 71.5. The van der Waals surface area contributed by atoms with Gasteiger partial charge in [-0.2, -0.15) is 11.8 Å². The topological polar surface area (TPSA) is 544 Å². The first-order chi connectivity index (χ1) is 46.1. The smallest absolute Gasteiger partial charge is 0.328 e. The van der Waals surface area contributed by atoms with E-state index in [2.05, 4.69) is 73.1 Å². The molecule has 5 rings (SSSR count). The first-order valence-electron chi connectivity index (χ1n) is 31.5. The number of phenolic OH excluding ortho intramolecular Hbond substituents is 1. The summed E-state index contributed by atoms with van der Waals surface area (Å²) in [6.45, 7) is 3.69. The second-order valence-electron chi connectivity index (χ2n) is 23.8. The van der Waals surface area contributed by atoms with Gasteiger partial charge in [-0.3, -0.25) is 57.7 Å². The Labute approximate surface area is 563 Å². The van der Waals surface area contributed by atoms with Crippen molar-refractivity contribution in [3.8, 4) is 5.75 Å². The number of carbonyl (C=O) groups excluding carboxylic acids is 11. The van der Waals surface area contributed by atoms with Crippen LogP contribution in [0, 0.1) is 5.92 Å². The number of thioether (sulfide) groups is 1. The number of aliphatic carboxylic acids is 1. The van der Waals surface area contributed by atoms with Crippen LogP contribution in [0.2, 0.25) is 0 Å². The number of imidazole rings is 1. The summed E-state index contributed by atoms with van der Waals surface area (Å²) in [5.74, 6) is -10.9. The van der Waals surface area contributed by atoms with Gasteiger partial charge in [-0.25, -0.2) is 9.78 Å². The number of nitrogens with one attached hydrogen (secondary N) is 12. The number of carbonyl (C=O) groups is 12. The minimum absolute atomic E-state index is 0.00129. The summed E-state index contributed by atoms with van der Waals surface area (Å²) in [6, 6.07) is -0.930. The van der Waals surface area contributed by atoms with Crippen LogP contribution in [0.15, 0.2) is 72.2 Å². The number of hydrogen-bond donors (Lipinski definition) is 19. The number of carboxylic acids is 1. The molecule has 2 aromatic heterocycles. The molecule has 0 radical (unpaired) electrons. The van der Waals surface area contributed by atoms with Gasteiger partial charge in [0.1, 0.15) is 60.1 Å². The van der Waals surface area contributed by atoms with Gasteiger partial charge in [-0.1, -0.05) is 44.2 Å². The summed E-state index contributed by atoms with van der Waals surface area (Å²) in [5, 5.41) is 65.6. The maximum atomic E-state index is 14.4. The standard InChI is InChI=1S/C62H90N18O16S/c1-32(2)22-43(55(89)78-47(30-81)61(95)96)77-54(88)42(12-8-19-67-62(64)65)75-56(90)44(23-35-14-16-38(83)17-15-35)73-49(84)28-69-53(87)45(24-36-26-68-41-11-7-6-10-39(36)41)74-50(85)29-70-58(92)48-13-9-20-80(48)60(94)33(3)72-59(93)51(34(4)82)79-57(91)46(25-37-27-66-31-71-37)76-52(86)40(63)18-21-97-5/h6-7,10-11,14-17,26-27,31-34,40,42-48,51,68,81-83H,8-9,12-13,18-25,28-30,63H2,1-5H3,(H,66,71)(H,69,87)(H,70,92)(H,72,93)(H,73,84)(H,74,85)(H,75,90)(H,76,86)(H,77,88)(H,78,89)(H,79,91)(H,95,96)(H4,64,65,67)/t33-,34+,40-,42-,43-,44-,45-,46-,47-,48-,51-/m0/s1. The van der Waals surface area contributed by atoms with Gasteiger partial charge >= 0.3 is 5.97 Å². The number of aliphatic hydroxyl groups excluding tert-OH is 2.